The number of para-hydroxylation sites is 1. The van der Waals surface area contributed by atoms with Crippen molar-refractivity contribution in [2.24, 2.45) is 5.92 Å². The maximum Gasteiger partial charge on any atom is 0.279 e. The number of nitrogens with one attached hydrogen (secondary N) is 3. The molecular formula is C25H33N4O2+. The molecule has 3 N–H and O–H groups in total. The Labute approximate surface area is 184 Å². The van der Waals surface area contributed by atoms with E-state index >= 15 is 0 Å². The molecule has 0 spiro atoms. The van der Waals surface area contributed by atoms with Gasteiger partial charge in [-0.25, -0.2) is 0 Å². The molecule has 2 fully saturated rings. The maximum atomic E-state index is 12.5. The van der Waals surface area contributed by atoms with E-state index in [1.807, 2.05) is 42.5 Å². The lowest BCUT2D eigenvalue weighted by Crippen LogP contribution is -3.14. The predicted molar refractivity (Wildman–Crippen MR) is 124 cm³/mol. The largest absolute Gasteiger partial charge is 0.372 e. The van der Waals surface area contributed by atoms with Crippen molar-refractivity contribution in [1.82, 2.24) is 0 Å². The molecule has 0 atom stereocenters. The van der Waals surface area contributed by atoms with Crippen molar-refractivity contribution in [3.63, 3.8) is 0 Å². The number of carbonyl (C=O) groups excluding carboxylic acids is 2. The van der Waals surface area contributed by atoms with Crippen molar-refractivity contribution in [3.8, 4) is 0 Å². The molecule has 0 bridgehead atoms. The highest BCUT2D eigenvalue weighted by Gasteiger charge is 2.28. The summed E-state index contributed by atoms with van der Waals surface area (Å²) in [7, 11) is 0. The highest BCUT2D eigenvalue weighted by Crippen LogP contribution is 2.21. The lowest BCUT2D eigenvalue weighted by molar-refractivity contribution is -0.897. The number of likely N-dealkylation sites (tertiary alicyclic amines) is 1. The van der Waals surface area contributed by atoms with Gasteiger partial charge in [0.15, 0.2) is 6.54 Å². The van der Waals surface area contributed by atoms with Gasteiger partial charge in [0.1, 0.15) is 0 Å². The molecule has 2 aliphatic heterocycles. The molecule has 31 heavy (non-hydrogen) atoms. The third-order valence-corrected chi connectivity index (χ3v) is 6.39. The summed E-state index contributed by atoms with van der Waals surface area (Å²) in [4.78, 5) is 28.6. The Kier molecular flexibility index (Phi) is 7.20. The molecule has 4 rings (SSSR count). The Morgan fingerprint density at radius 1 is 0.839 bits per heavy atom. The predicted octanol–water partition coefficient (Wildman–Crippen LogP) is 2.55. The number of carbonyl (C=O) groups is 2. The van der Waals surface area contributed by atoms with E-state index in [1.54, 1.807) is 0 Å². The van der Waals surface area contributed by atoms with Gasteiger partial charge in [-0.3, -0.25) is 9.59 Å². The first-order chi connectivity index (χ1) is 15.2. The van der Waals surface area contributed by atoms with E-state index in [1.165, 1.54) is 29.8 Å². The number of hydrogen-bond donors (Lipinski definition) is 3. The highest BCUT2D eigenvalue weighted by molar-refractivity contribution is 5.93. The minimum atomic E-state index is 0.0225. The van der Waals surface area contributed by atoms with Gasteiger partial charge in [0.25, 0.3) is 5.91 Å². The molecule has 0 aromatic heterocycles. The first-order valence-electron chi connectivity index (χ1n) is 11.5. The van der Waals surface area contributed by atoms with E-state index in [4.69, 9.17) is 0 Å². The van der Waals surface area contributed by atoms with Crippen molar-refractivity contribution < 1.29 is 14.5 Å². The zero-order valence-corrected chi connectivity index (χ0v) is 18.1. The van der Waals surface area contributed by atoms with Crippen LogP contribution in [0.2, 0.25) is 0 Å². The summed E-state index contributed by atoms with van der Waals surface area (Å²) < 4.78 is 0. The summed E-state index contributed by atoms with van der Waals surface area (Å²) >= 11 is 0. The van der Waals surface area contributed by atoms with Gasteiger partial charge < -0.3 is 20.4 Å². The fourth-order valence-corrected chi connectivity index (χ4v) is 4.57. The molecule has 2 heterocycles. The van der Waals surface area contributed by atoms with E-state index in [9.17, 15) is 9.59 Å². The summed E-state index contributed by atoms with van der Waals surface area (Å²) in [5, 5.41) is 6.03. The molecule has 2 aliphatic rings. The standard InChI is InChI=1S/C25H32N4O2/c30-24(26-22-9-11-23(12-10-22)29-15-5-2-6-16-29)19-28-17-13-20(14-18-28)25(31)27-21-7-3-1-4-8-21/h1,3-4,7-12,20H,2,5-6,13-19H2,(H,26,30)(H,27,31)/p+1. The van der Waals surface area contributed by atoms with Gasteiger partial charge in [0, 0.05) is 48.9 Å². The topological polar surface area (TPSA) is 65.9 Å². The minimum Gasteiger partial charge on any atom is -0.372 e. The zero-order valence-electron chi connectivity index (χ0n) is 18.1. The average molecular weight is 422 g/mol. The van der Waals surface area contributed by atoms with Crippen molar-refractivity contribution in [3.05, 3.63) is 54.6 Å². The molecule has 0 radical (unpaired) electrons. The van der Waals surface area contributed by atoms with Crippen LogP contribution in [0.1, 0.15) is 32.1 Å². The van der Waals surface area contributed by atoms with Crippen LogP contribution in [-0.4, -0.2) is 44.5 Å². The van der Waals surface area contributed by atoms with Gasteiger partial charge >= 0.3 is 0 Å². The Bertz CT molecular complexity index is 855. The Hall–Kier alpha value is -2.86. The molecule has 2 saturated heterocycles. The number of piperidine rings is 2. The second-order valence-corrected chi connectivity index (χ2v) is 8.70. The summed E-state index contributed by atoms with van der Waals surface area (Å²) in [6.07, 6.45) is 5.46. The van der Waals surface area contributed by atoms with Gasteiger partial charge in [-0.05, 0) is 55.7 Å². The van der Waals surface area contributed by atoms with Gasteiger partial charge in [-0.1, -0.05) is 18.2 Å². The van der Waals surface area contributed by atoms with Gasteiger partial charge in [-0.2, -0.15) is 0 Å². The lowest BCUT2D eigenvalue weighted by atomic mass is 9.96. The Morgan fingerprint density at radius 2 is 1.48 bits per heavy atom. The number of anilines is 3. The third kappa shape index (κ3) is 6.07. The quantitative estimate of drug-likeness (QED) is 0.672. The fourth-order valence-electron chi connectivity index (χ4n) is 4.57. The maximum absolute atomic E-state index is 12.5. The highest BCUT2D eigenvalue weighted by atomic mass is 16.2. The summed E-state index contributed by atoms with van der Waals surface area (Å²) in [5.41, 5.74) is 2.93. The molecule has 6 heteroatoms. The van der Waals surface area contributed by atoms with Crippen LogP contribution in [-0.2, 0) is 9.59 Å². The van der Waals surface area contributed by atoms with Crippen molar-refractivity contribution >= 4 is 28.9 Å². The summed E-state index contributed by atoms with van der Waals surface area (Å²) in [6.45, 7) is 4.37. The van der Waals surface area contributed by atoms with Gasteiger partial charge in [0.2, 0.25) is 5.91 Å². The van der Waals surface area contributed by atoms with Crippen LogP contribution >= 0.6 is 0 Å². The van der Waals surface area contributed by atoms with E-state index in [2.05, 4.69) is 27.7 Å². The zero-order chi connectivity index (χ0) is 21.5. The van der Waals surface area contributed by atoms with E-state index in [0.717, 1.165) is 50.4 Å². The number of benzene rings is 2. The summed E-state index contributed by atoms with van der Waals surface area (Å²) in [5.74, 6) is 0.144. The number of nitrogens with zero attached hydrogens (tertiary/aromatic N) is 1. The molecule has 2 amide bonds. The normalized spacial score (nSPS) is 21.4. The number of quaternary nitrogens is 1. The van der Waals surface area contributed by atoms with Crippen LogP contribution in [0.25, 0.3) is 0 Å². The smallest absolute Gasteiger partial charge is 0.279 e. The number of amides is 2. The Balaban J connectivity index is 1.20. The van der Waals surface area contributed by atoms with E-state index < -0.39 is 0 Å². The molecule has 0 unspecified atom stereocenters. The van der Waals surface area contributed by atoms with E-state index in [0.29, 0.717) is 6.54 Å². The van der Waals surface area contributed by atoms with Crippen LogP contribution in [0.5, 0.6) is 0 Å². The van der Waals surface area contributed by atoms with Crippen molar-refractivity contribution in [2.75, 3.05) is 48.3 Å². The molecule has 0 aliphatic carbocycles. The monoisotopic (exact) mass is 421 g/mol. The SMILES string of the molecule is O=C(C[NH+]1CCC(C(=O)Nc2ccccc2)CC1)Nc1ccc(N2CCCCC2)cc1. The van der Waals surface area contributed by atoms with Crippen LogP contribution in [0.4, 0.5) is 17.1 Å². The Morgan fingerprint density at radius 3 is 2.16 bits per heavy atom. The molecule has 0 saturated carbocycles. The molecular weight excluding hydrogens is 388 g/mol. The van der Waals surface area contributed by atoms with Gasteiger partial charge in [0.05, 0.1) is 13.1 Å². The van der Waals surface area contributed by atoms with Crippen molar-refractivity contribution in [1.29, 1.82) is 0 Å². The third-order valence-electron chi connectivity index (χ3n) is 6.39. The number of hydrogen-bond acceptors (Lipinski definition) is 3. The first-order valence-corrected chi connectivity index (χ1v) is 11.5. The minimum absolute atomic E-state index is 0.0225. The van der Waals surface area contributed by atoms with Crippen LogP contribution < -0.4 is 20.4 Å². The molecule has 164 valence electrons. The fraction of sp³-hybridized carbons (Fsp3) is 0.440. The molecule has 2 aromatic rings. The van der Waals surface area contributed by atoms with Gasteiger partial charge in [-0.15, -0.1) is 0 Å². The average Bonchev–Trinajstić information content (AvgIpc) is 2.81. The summed E-state index contributed by atoms with van der Waals surface area (Å²) in [6, 6.07) is 17.8. The van der Waals surface area contributed by atoms with Crippen LogP contribution in [0, 0.1) is 5.92 Å². The second-order valence-electron chi connectivity index (χ2n) is 8.70. The van der Waals surface area contributed by atoms with Crippen LogP contribution in [0.3, 0.4) is 0 Å². The molecule has 2 aromatic carbocycles. The van der Waals surface area contributed by atoms with Crippen molar-refractivity contribution in [2.45, 2.75) is 32.1 Å². The second kappa shape index (κ2) is 10.4. The molecule has 6 nitrogen and oxygen atoms in total. The van der Waals surface area contributed by atoms with E-state index in [-0.39, 0.29) is 17.7 Å². The first kappa shape index (κ1) is 21.4. The number of rotatable bonds is 6. The lowest BCUT2D eigenvalue weighted by Gasteiger charge is -2.29. The van der Waals surface area contributed by atoms with Crippen LogP contribution in [0.15, 0.2) is 54.6 Å².